The Bertz CT molecular complexity index is 1380. The van der Waals surface area contributed by atoms with Gasteiger partial charge in [-0.1, -0.05) is 30.3 Å². The van der Waals surface area contributed by atoms with Crippen molar-refractivity contribution in [3.63, 3.8) is 0 Å². The molecule has 0 aliphatic heterocycles. The van der Waals surface area contributed by atoms with Gasteiger partial charge in [-0.15, -0.1) is 0 Å². The lowest BCUT2D eigenvalue weighted by atomic mass is 9.93. The summed E-state index contributed by atoms with van der Waals surface area (Å²) in [6.45, 7) is 1.64. The second-order valence-corrected chi connectivity index (χ2v) is 9.22. The summed E-state index contributed by atoms with van der Waals surface area (Å²) < 4.78 is 44.5. The van der Waals surface area contributed by atoms with E-state index in [1.807, 2.05) is 0 Å². The van der Waals surface area contributed by atoms with Gasteiger partial charge < -0.3 is 4.42 Å². The van der Waals surface area contributed by atoms with E-state index in [0.29, 0.717) is 41.9 Å². The molecule has 0 radical (unpaired) electrons. The largest absolute Gasteiger partial charge is 0.455 e. The van der Waals surface area contributed by atoms with Crippen molar-refractivity contribution in [1.82, 2.24) is 15.7 Å². The van der Waals surface area contributed by atoms with Crippen LogP contribution in [0.15, 0.2) is 69.0 Å². The molecule has 11 heteroatoms. The maximum absolute atomic E-state index is 13.8. The Hall–Kier alpha value is -3.99. The highest BCUT2D eigenvalue weighted by Gasteiger charge is 2.28. The summed E-state index contributed by atoms with van der Waals surface area (Å²) in [4.78, 5) is 27.1. The molecule has 0 spiro atoms. The summed E-state index contributed by atoms with van der Waals surface area (Å²) in [5, 5.41) is 4.11. The van der Waals surface area contributed by atoms with Gasteiger partial charge in [-0.05, 0) is 44.0 Å². The Morgan fingerprint density at radius 3 is 2.38 bits per heavy atom. The van der Waals surface area contributed by atoms with Gasteiger partial charge in [-0.25, -0.2) is 4.39 Å². The summed E-state index contributed by atoms with van der Waals surface area (Å²) in [5.74, 6) is -1.84. The van der Waals surface area contributed by atoms with Crippen LogP contribution >= 0.6 is 0 Å². The fourth-order valence-electron chi connectivity index (χ4n) is 3.65. The first kappa shape index (κ1) is 23.2. The third-order valence-corrected chi connectivity index (χ3v) is 6.52. The predicted molar refractivity (Wildman–Crippen MR) is 121 cm³/mol. The number of sulfonamides is 1. The van der Waals surface area contributed by atoms with E-state index in [4.69, 9.17) is 4.42 Å². The number of hydrogen-bond donors (Lipinski definition) is 3. The Morgan fingerprint density at radius 2 is 1.65 bits per heavy atom. The molecule has 2 amide bonds. The lowest BCUT2D eigenvalue weighted by Crippen LogP contribution is -2.42. The molecule has 0 atom stereocenters. The minimum atomic E-state index is -3.86. The van der Waals surface area contributed by atoms with E-state index in [-0.39, 0.29) is 16.2 Å². The van der Waals surface area contributed by atoms with Crippen LogP contribution in [-0.2, 0) is 16.4 Å². The number of carbonyl (C=O) groups is 2. The Labute approximate surface area is 195 Å². The lowest BCUT2D eigenvalue weighted by Gasteiger charge is -2.14. The minimum absolute atomic E-state index is 0.0562. The highest BCUT2D eigenvalue weighted by molar-refractivity contribution is 7.89. The number of halogens is 1. The van der Waals surface area contributed by atoms with Crippen LogP contribution in [0.1, 0.15) is 50.6 Å². The first-order chi connectivity index (χ1) is 16.3. The second-order valence-electron chi connectivity index (χ2n) is 7.56. The molecule has 2 aromatic carbocycles. The Balaban J connectivity index is 1.52. The average Bonchev–Trinajstić information content (AvgIpc) is 3.19. The molecule has 0 saturated heterocycles. The summed E-state index contributed by atoms with van der Waals surface area (Å²) in [7, 11) is -3.86. The number of benzene rings is 2. The highest BCUT2D eigenvalue weighted by Crippen LogP contribution is 2.30. The summed E-state index contributed by atoms with van der Waals surface area (Å²) >= 11 is 0. The molecule has 1 aliphatic rings. The van der Waals surface area contributed by atoms with Gasteiger partial charge in [0.15, 0.2) is 5.76 Å². The number of nitrogens with one attached hydrogen (secondary N) is 3. The fraction of sp³-hybridized carbons (Fsp3) is 0.174. The number of hydrazone groups is 1. The van der Waals surface area contributed by atoms with Gasteiger partial charge in [-0.3, -0.25) is 20.4 Å². The van der Waals surface area contributed by atoms with Crippen LogP contribution in [0.5, 0.6) is 0 Å². The molecule has 3 aromatic rings. The molecule has 1 aliphatic carbocycles. The van der Waals surface area contributed by atoms with Gasteiger partial charge in [0.05, 0.1) is 16.2 Å². The maximum Gasteiger partial charge on any atom is 0.305 e. The van der Waals surface area contributed by atoms with Gasteiger partial charge in [0.2, 0.25) is 0 Å². The minimum Gasteiger partial charge on any atom is -0.455 e. The van der Waals surface area contributed by atoms with E-state index in [0.717, 1.165) is 6.07 Å². The number of hydrazine groups is 1. The van der Waals surface area contributed by atoms with Crippen molar-refractivity contribution < 1.29 is 26.8 Å². The third-order valence-electron chi connectivity index (χ3n) is 5.29. The van der Waals surface area contributed by atoms with Crippen LogP contribution in [0, 0.1) is 12.7 Å². The van der Waals surface area contributed by atoms with E-state index in [1.54, 1.807) is 25.1 Å². The molecular formula is C23H21FN4O5S. The lowest BCUT2D eigenvalue weighted by molar-refractivity contribution is 0.0827. The molecule has 1 heterocycles. The monoisotopic (exact) mass is 484 g/mol. The first-order valence-corrected chi connectivity index (χ1v) is 11.9. The zero-order chi connectivity index (χ0) is 24.3. The second kappa shape index (κ2) is 9.48. The van der Waals surface area contributed by atoms with Gasteiger partial charge >= 0.3 is 5.91 Å². The molecule has 1 aromatic heterocycles. The van der Waals surface area contributed by atoms with Crippen LogP contribution in [0.25, 0.3) is 0 Å². The number of furan rings is 1. The first-order valence-electron chi connectivity index (χ1n) is 10.4. The average molecular weight is 485 g/mol. The van der Waals surface area contributed by atoms with E-state index < -0.39 is 27.7 Å². The SMILES string of the molecule is Cc1c(C(=O)NNC(=O)c2ccccc2F)oc2c1/C(=N/NS(=O)(=O)c1ccccc1)CCC2. The smallest absolute Gasteiger partial charge is 0.305 e. The van der Waals surface area contributed by atoms with E-state index >= 15 is 0 Å². The normalized spacial score (nSPS) is 14.4. The van der Waals surface area contributed by atoms with Gasteiger partial charge in [0, 0.05) is 17.5 Å². The van der Waals surface area contributed by atoms with Crippen LogP contribution in [-0.4, -0.2) is 25.9 Å². The molecule has 4 rings (SSSR count). The van der Waals surface area contributed by atoms with Crippen molar-refractivity contribution in [2.75, 3.05) is 0 Å². The summed E-state index contributed by atoms with van der Waals surface area (Å²) in [6.07, 6.45) is 1.67. The molecule has 176 valence electrons. The fourth-order valence-corrected chi connectivity index (χ4v) is 4.50. The van der Waals surface area contributed by atoms with Crippen molar-refractivity contribution >= 4 is 27.5 Å². The number of aryl methyl sites for hydroxylation is 1. The van der Waals surface area contributed by atoms with Gasteiger partial charge in [0.25, 0.3) is 15.9 Å². The maximum atomic E-state index is 13.8. The number of rotatable bonds is 5. The van der Waals surface area contributed by atoms with Crippen molar-refractivity contribution in [1.29, 1.82) is 0 Å². The van der Waals surface area contributed by atoms with Crippen LogP contribution in [0.4, 0.5) is 4.39 Å². The number of amides is 2. The van der Waals surface area contributed by atoms with Crippen LogP contribution in [0.2, 0.25) is 0 Å². The van der Waals surface area contributed by atoms with Crippen LogP contribution in [0.3, 0.4) is 0 Å². The summed E-state index contributed by atoms with van der Waals surface area (Å²) in [5.41, 5.74) is 5.59. The zero-order valence-corrected chi connectivity index (χ0v) is 18.9. The van der Waals surface area contributed by atoms with E-state index in [9.17, 15) is 22.4 Å². The number of hydrogen-bond acceptors (Lipinski definition) is 6. The molecule has 0 unspecified atom stereocenters. The van der Waals surface area contributed by atoms with Crippen LogP contribution < -0.4 is 15.7 Å². The molecular weight excluding hydrogens is 463 g/mol. The topological polar surface area (TPSA) is 130 Å². The quantitative estimate of drug-likeness (QED) is 0.480. The Kier molecular flexibility index (Phi) is 6.46. The molecule has 34 heavy (non-hydrogen) atoms. The van der Waals surface area contributed by atoms with E-state index in [1.165, 1.54) is 30.3 Å². The van der Waals surface area contributed by atoms with Gasteiger partial charge in [-0.2, -0.15) is 18.4 Å². The third kappa shape index (κ3) is 4.69. The van der Waals surface area contributed by atoms with Crippen molar-refractivity contribution in [3.8, 4) is 0 Å². The summed E-state index contributed by atoms with van der Waals surface area (Å²) in [6, 6.07) is 13.2. The predicted octanol–water partition coefficient (Wildman–Crippen LogP) is 2.82. The molecule has 9 nitrogen and oxygen atoms in total. The number of carbonyl (C=O) groups excluding carboxylic acids is 2. The number of nitrogens with zero attached hydrogens (tertiary/aromatic N) is 1. The molecule has 0 saturated carbocycles. The molecule has 0 bridgehead atoms. The zero-order valence-electron chi connectivity index (χ0n) is 18.1. The highest BCUT2D eigenvalue weighted by atomic mass is 32.2. The van der Waals surface area contributed by atoms with Crippen molar-refractivity contribution in [3.05, 3.63) is 88.6 Å². The van der Waals surface area contributed by atoms with Crippen molar-refractivity contribution in [2.45, 2.75) is 31.1 Å². The molecule has 0 fully saturated rings. The van der Waals surface area contributed by atoms with Gasteiger partial charge in [0.1, 0.15) is 11.6 Å². The number of fused-ring (bicyclic) bond motifs is 1. The van der Waals surface area contributed by atoms with E-state index in [2.05, 4.69) is 20.8 Å². The Morgan fingerprint density at radius 1 is 0.971 bits per heavy atom. The molecule has 3 N–H and O–H groups in total. The van der Waals surface area contributed by atoms with Crippen molar-refractivity contribution in [2.24, 2.45) is 5.10 Å². The standard InChI is InChI=1S/C23H21FN4O5S/c1-14-20-18(25-28-34(31,32)15-8-3-2-4-9-15)12-7-13-19(20)33-21(14)23(30)27-26-22(29)16-10-5-6-11-17(16)24/h2-6,8-11,28H,7,12-13H2,1H3,(H,26,29)(H,27,30)/b25-18+.